The zero-order chi connectivity index (χ0) is 25.6. The molecular formula is C33H33N5. The van der Waals surface area contributed by atoms with Crippen molar-refractivity contribution in [3.8, 4) is 0 Å². The maximum absolute atomic E-state index is 4.81. The van der Waals surface area contributed by atoms with Gasteiger partial charge in [0, 0.05) is 13.1 Å². The first-order valence-corrected chi connectivity index (χ1v) is 13.5. The minimum atomic E-state index is -0.267. The summed E-state index contributed by atoms with van der Waals surface area (Å²) in [5, 5.41) is 13.8. The van der Waals surface area contributed by atoms with Crippen molar-refractivity contribution in [3.05, 3.63) is 149 Å². The molecule has 5 heteroatoms. The van der Waals surface area contributed by atoms with Gasteiger partial charge in [0.05, 0.1) is 5.54 Å². The molecule has 0 atom stereocenters. The molecule has 0 unspecified atom stereocenters. The number of aromatic nitrogens is 4. The summed E-state index contributed by atoms with van der Waals surface area (Å²) in [5.41, 5.74) is 4.70. The molecule has 1 fully saturated rings. The van der Waals surface area contributed by atoms with Crippen molar-refractivity contribution in [1.82, 2.24) is 25.1 Å². The summed E-state index contributed by atoms with van der Waals surface area (Å²) in [5.74, 6) is 0.958. The minimum absolute atomic E-state index is 0.102. The van der Waals surface area contributed by atoms with E-state index in [1.807, 2.05) is 0 Å². The van der Waals surface area contributed by atoms with Crippen LogP contribution in [0.1, 0.15) is 59.8 Å². The maximum Gasteiger partial charge on any atom is 0.172 e. The van der Waals surface area contributed by atoms with Gasteiger partial charge in [-0.25, -0.2) is 4.68 Å². The molecule has 190 valence electrons. The largest absolute Gasteiger partial charge is 0.282 e. The highest BCUT2D eigenvalue weighted by Gasteiger charge is 2.46. The Labute approximate surface area is 224 Å². The molecule has 5 aromatic rings. The van der Waals surface area contributed by atoms with Crippen LogP contribution in [0.2, 0.25) is 0 Å². The summed E-state index contributed by atoms with van der Waals surface area (Å²) in [6, 6.07) is 42.7. The van der Waals surface area contributed by atoms with Gasteiger partial charge >= 0.3 is 0 Å². The van der Waals surface area contributed by atoms with E-state index < -0.39 is 0 Å². The Hall–Kier alpha value is -4.09. The number of tetrazole rings is 1. The summed E-state index contributed by atoms with van der Waals surface area (Å²) in [4.78, 5) is 2.62. The van der Waals surface area contributed by atoms with E-state index in [0.717, 1.165) is 44.6 Å². The SMILES string of the molecule is c1ccc(CN(Cc2ccccc2)C2(c3nnnn3C(c3ccccc3)c3ccccc3)CCCC2)cc1. The predicted molar refractivity (Wildman–Crippen MR) is 150 cm³/mol. The topological polar surface area (TPSA) is 46.8 Å². The molecule has 0 radical (unpaired) electrons. The highest BCUT2D eigenvalue weighted by molar-refractivity contribution is 5.33. The highest BCUT2D eigenvalue weighted by atomic mass is 15.6. The third kappa shape index (κ3) is 4.90. The third-order valence-corrected chi connectivity index (χ3v) is 7.85. The molecular weight excluding hydrogens is 466 g/mol. The van der Waals surface area contributed by atoms with Gasteiger partial charge in [-0.15, -0.1) is 5.10 Å². The standard InChI is InChI=1S/C33H33N5/c1-5-15-27(16-6-1)25-37(26-28-17-7-2-8-18-28)33(23-13-14-24-33)32-34-35-36-38(32)31(29-19-9-3-10-20-29)30-21-11-4-12-22-30/h1-12,15-22,31H,13-14,23-26H2. The first-order chi connectivity index (χ1) is 18.8. The average Bonchev–Trinajstić information content (AvgIpc) is 3.67. The van der Waals surface area contributed by atoms with Crippen LogP contribution in [0.25, 0.3) is 0 Å². The Bertz CT molecular complexity index is 1330. The first-order valence-electron chi connectivity index (χ1n) is 13.5. The smallest absolute Gasteiger partial charge is 0.172 e. The van der Waals surface area contributed by atoms with Crippen molar-refractivity contribution >= 4 is 0 Å². The van der Waals surface area contributed by atoms with Gasteiger partial charge in [0.2, 0.25) is 0 Å². The van der Waals surface area contributed by atoms with E-state index in [1.165, 1.54) is 22.3 Å². The Morgan fingerprint density at radius 2 is 1.08 bits per heavy atom. The lowest BCUT2D eigenvalue weighted by Crippen LogP contribution is -2.46. The summed E-state index contributed by atoms with van der Waals surface area (Å²) in [7, 11) is 0. The van der Waals surface area contributed by atoms with E-state index in [1.54, 1.807) is 0 Å². The van der Waals surface area contributed by atoms with Crippen LogP contribution in [-0.4, -0.2) is 25.1 Å². The summed E-state index contributed by atoms with van der Waals surface area (Å²) >= 11 is 0. The molecule has 0 spiro atoms. The number of benzene rings is 4. The molecule has 1 aliphatic carbocycles. The van der Waals surface area contributed by atoms with Crippen molar-refractivity contribution < 1.29 is 0 Å². The predicted octanol–water partition coefficient (Wildman–Crippen LogP) is 6.78. The summed E-state index contributed by atoms with van der Waals surface area (Å²) in [6.07, 6.45) is 4.38. The first kappa shape index (κ1) is 24.3. The molecule has 5 nitrogen and oxygen atoms in total. The van der Waals surface area contributed by atoms with Crippen molar-refractivity contribution in [2.45, 2.75) is 50.4 Å². The second-order valence-electron chi connectivity index (χ2n) is 10.2. The Morgan fingerprint density at radius 3 is 1.55 bits per heavy atom. The molecule has 0 saturated heterocycles. The van der Waals surface area contributed by atoms with E-state index in [-0.39, 0.29) is 11.6 Å². The lowest BCUT2D eigenvalue weighted by Gasteiger charge is -2.41. The van der Waals surface area contributed by atoms with Gasteiger partial charge in [0.1, 0.15) is 6.04 Å². The van der Waals surface area contributed by atoms with Gasteiger partial charge in [0.25, 0.3) is 0 Å². The van der Waals surface area contributed by atoms with Gasteiger partial charge in [-0.3, -0.25) is 4.90 Å². The van der Waals surface area contributed by atoms with Crippen LogP contribution < -0.4 is 0 Å². The fraction of sp³-hybridized carbons (Fsp3) is 0.242. The highest BCUT2D eigenvalue weighted by Crippen LogP contribution is 2.45. The number of rotatable bonds is 9. The molecule has 38 heavy (non-hydrogen) atoms. The number of hydrogen-bond acceptors (Lipinski definition) is 4. The second kappa shape index (κ2) is 11.1. The zero-order valence-electron chi connectivity index (χ0n) is 21.6. The van der Waals surface area contributed by atoms with E-state index in [4.69, 9.17) is 5.10 Å². The van der Waals surface area contributed by atoms with E-state index in [9.17, 15) is 0 Å². The quantitative estimate of drug-likeness (QED) is 0.224. The van der Waals surface area contributed by atoms with Crippen molar-refractivity contribution in [2.75, 3.05) is 0 Å². The van der Waals surface area contributed by atoms with Gasteiger partial charge in [-0.05, 0) is 45.5 Å². The van der Waals surface area contributed by atoms with Crippen molar-refractivity contribution in [2.24, 2.45) is 0 Å². The van der Waals surface area contributed by atoms with Crippen LogP contribution in [0.15, 0.2) is 121 Å². The molecule has 0 amide bonds. The Morgan fingerprint density at radius 1 is 0.632 bits per heavy atom. The van der Waals surface area contributed by atoms with Gasteiger partial charge < -0.3 is 0 Å². The van der Waals surface area contributed by atoms with Crippen LogP contribution in [0, 0.1) is 0 Å². The monoisotopic (exact) mass is 499 g/mol. The van der Waals surface area contributed by atoms with Crippen LogP contribution >= 0.6 is 0 Å². The Balaban J connectivity index is 1.48. The molecule has 6 rings (SSSR count). The number of nitrogens with zero attached hydrogens (tertiary/aromatic N) is 5. The zero-order valence-corrected chi connectivity index (χ0v) is 21.6. The maximum atomic E-state index is 4.81. The van der Waals surface area contributed by atoms with Gasteiger partial charge in [-0.2, -0.15) is 0 Å². The average molecular weight is 500 g/mol. The normalized spacial score (nSPS) is 14.8. The third-order valence-electron chi connectivity index (χ3n) is 7.85. The number of hydrogen-bond donors (Lipinski definition) is 0. The second-order valence-corrected chi connectivity index (χ2v) is 10.2. The molecule has 1 aliphatic rings. The van der Waals surface area contributed by atoms with E-state index >= 15 is 0 Å². The molecule has 1 aromatic heterocycles. The Kier molecular flexibility index (Phi) is 7.10. The molecule has 0 bridgehead atoms. The van der Waals surface area contributed by atoms with Crippen LogP contribution in [0.4, 0.5) is 0 Å². The fourth-order valence-electron chi connectivity index (χ4n) is 6.03. The lowest BCUT2D eigenvalue weighted by molar-refractivity contribution is 0.0592. The summed E-state index contributed by atoms with van der Waals surface area (Å²) in [6.45, 7) is 1.67. The minimum Gasteiger partial charge on any atom is -0.282 e. The van der Waals surface area contributed by atoms with Crippen molar-refractivity contribution in [3.63, 3.8) is 0 Å². The molecule has 0 aliphatic heterocycles. The van der Waals surface area contributed by atoms with Crippen LogP contribution in [-0.2, 0) is 18.6 Å². The van der Waals surface area contributed by atoms with E-state index in [2.05, 4.69) is 141 Å². The van der Waals surface area contributed by atoms with Crippen molar-refractivity contribution in [1.29, 1.82) is 0 Å². The van der Waals surface area contributed by atoms with Gasteiger partial charge in [0.15, 0.2) is 5.82 Å². The molecule has 0 N–H and O–H groups in total. The fourth-order valence-corrected chi connectivity index (χ4v) is 6.03. The summed E-state index contributed by atoms with van der Waals surface area (Å²) < 4.78 is 2.10. The van der Waals surface area contributed by atoms with Crippen LogP contribution in [0.3, 0.4) is 0 Å². The molecule has 4 aromatic carbocycles. The van der Waals surface area contributed by atoms with Gasteiger partial charge in [-0.1, -0.05) is 134 Å². The lowest BCUT2D eigenvalue weighted by atomic mass is 9.90. The molecule has 1 heterocycles. The molecule has 1 saturated carbocycles. The van der Waals surface area contributed by atoms with Crippen LogP contribution in [0.5, 0.6) is 0 Å². The van der Waals surface area contributed by atoms with E-state index in [0.29, 0.717) is 0 Å².